The molecule has 0 radical (unpaired) electrons. The molecule has 0 unspecified atom stereocenters. The summed E-state index contributed by atoms with van der Waals surface area (Å²) in [6.45, 7) is 4.02. The molecule has 0 aliphatic carbocycles. The van der Waals surface area contributed by atoms with Crippen LogP contribution in [-0.4, -0.2) is 43.3 Å². The van der Waals surface area contributed by atoms with Gasteiger partial charge >= 0.3 is 0 Å². The molecule has 2 atom stereocenters. The Bertz CT molecular complexity index is 659. The Morgan fingerprint density at radius 3 is 2.96 bits per heavy atom. The van der Waals surface area contributed by atoms with Crippen LogP contribution in [-0.2, 0) is 11.3 Å². The zero-order chi connectivity index (χ0) is 16.4. The quantitative estimate of drug-likeness (QED) is 0.898. The molecule has 1 aromatic carbocycles. The molecule has 1 N–H and O–H groups in total. The normalized spacial score (nSPS) is 27.0. The zero-order valence-corrected chi connectivity index (χ0v) is 14.8. The van der Waals surface area contributed by atoms with Crippen LogP contribution in [0.15, 0.2) is 41.8 Å². The van der Waals surface area contributed by atoms with Crippen molar-refractivity contribution in [1.82, 2.24) is 4.90 Å². The number of ether oxygens (including phenoxy) is 2. The van der Waals surface area contributed by atoms with Gasteiger partial charge in [0.2, 0.25) is 0 Å². The van der Waals surface area contributed by atoms with E-state index < -0.39 is 0 Å². The van der Waals surface area contributed by atoms with E-state index in [-0.39, 0.29) is 5.60 Å². The van der Waals surface area contributed by atoms with Crippen LogP contribution in [0.2, 0.25) is 0 Å². The first-order valence-electron chi connectivity index (χ1n) is 8.54. The molecule has 4 nitrogen and oxygen atoms in total. The van der Waals surface area contributed by atoms with E-state index in [0.717, 1.165) is 50.5 Å². The molecule has 2 aliphatic rings. The first-order chi connectivity index (χ1) is 11.7. The van der Waals surface area contributed by atoms with Crippen LogP contribution in [0.5, 0.6) is 5.75 Å². The molecule has 4 rings (SSSR count). The van der Waals surface area contributed by atoms with Crippen molar-refractivity contribution in [3.63, 3.8) is 0 Å². The summed E-state index contributed by atoms with van der Waals surface area (Å²) in [6, 6.07) is 12.9. The van der Waals surface area contributed by atoms with Crippen molar-refractivity contribution in [2.45, 2.75) is 31.0 Å². The molecule has 3 heterocycles. The fraction of sp³-hybridized carbons (Fsp3) is 0.474. The van der Waals surface area contributed by atoms with E-state index in [1.807, 2.05) is 23.5 Å². The standard InChI is InChI=1S/C19H24N2O2S/c1-22-17-6-4-15(5-7-17)20-16-11-19(23-13-16)8-9-21(14-19)12-18-3-2-10-24-18/h2-7,10,16,20H,8-9,11-14H2,1H3/t16-,19+/m0/s1. The van der Waals surface area contributed by atoms with E-state index in [0.29, 0.717) is 6.04 Å². The number of nitrogens with one attached hydrogen (secondary N) is 1. The first kappa shape index (κ1) is 15.9. The minimum absolute atomic E-state index is 0.0431. The Morgan fingerprint density at radius 2 is 2.21 bits per heavy atom. The summed E-state index contributed by atoms with van der Waals surface area (Å²) in [5.74, 6) is 0.889. The maximum atomic E-state index is 6.26. The van der Waals surface area contributed by atoms with E-state index in [9.17, 15) is 0 Å². The van der Waals surface area contributed by atoms with Crippen molar-refractivity contribution in [2.75, 3.05) is 32.1 Å². The molecular weight excluding hydrogens is 320 g/mol. The molecular formula is C19H24N2O2S. The smallest absolute Gasteiger partial charge is 0.119 e. The summed E-state index contributed by atoms with van der Waals surface area (Å²) in [7, 11) is 1.69. The first-order valence-corrected chi connectivity index (χ1v) is 9.42. The lowest BCUT2D eigenvalue weighted by Gasteiger charge is -2.23. The SMILES string of the molecule is COc1ccc(N[C@@H]2CO[C@]3(CCN(Cc4cccs4)C3)C2)cc1. The third kappa shape index (κ3) is 3.43. The Balaban J connectivity index is 1.32. The van der Waals surface area contributed by atoms with Crippen LogP contribution in [0.3, 0.4) is 0 Å². The second kappa shape index (κ2) is 6.75. The molecule has 0 bridgehead atoms. The molecule has 1 aromatic heterocycles. The monoisotopic (exact) mass is 344 g/mol. The number of thiophene rings is 1. The maximum absolute atomic E-state index is 6.26. The maximum Gasteiger partial charge on any atom is 0.119 e. The molecule has 0 amide bonds. The number of rotatable bonds is 5. The Hall–Kier alpha value is -1.56. The lowest BCUT2D eigenvalue weighted by atomic mass is 9.97. The molecule has 2 aliphatic heterocycles. The van der Waals surface area contributed by atoms with Gasteiger partial charge in [-0.1, -0.05) is 6.07 Å². The van der Waals surface area contributed by atoms with Crippen LogP contribution in [0.25, 0.3) is 0 Å². The predicted molar refractivity (Wildman–Crippen MR) is 97.9 cm³/mol. The van der Waals surface area contributed by atoms with Crippen LogP contribution >= 0.6 is 11.3 Å². The second-order valence-corrected chi connectivity index (χ2v) is 7.84. The molecule has 1 spiro atoms. The summed E-state index contributed by atoms with van der Waals surface area (Å²) < 4.78 is 11.5. The number of likely N-dealkylation sites (tertiary alicyclic amines) is 1. The van der Waals surface area contributed by atoms with Gasteiger partial charge < -0.3 is 14.8 Å². The summed E-state index contributed by atoms with van der Waals surface area (Å²) in [4.78, 5) is 3.97. The number of anilines is 1. The van der Waals surface area contributed by atoms with E-state index >= 15 is 0 Å². The van der Waals surface area contributed by atoms with Crippen molar-refractivity contribution in [3.8, 4) is 5.75 Å². The van der Waals surface area contributed by atoms with E-state index in [2.05, 4.69) is 39.9 Å². The van der Waals surface area contributed by atoms with Gasteiger partial charge in [0.25, 0.3) is 0 Å². The van der Waals surface area contributed by atoms with E-state index in [1.54, 1.807) is 7.11 Å². The molecule has 5 heteroatoms. The second-order valence-electron chi connectivity index (χ2n) is 6.81. The fourth-order valence-electron chi connectivity index (χ4n) is 3.83. The average molecular weight is 344 g/mol. The van der Waals surface area contributed by atoms with Gasteiger partial charge in [-0.05, 0) is 42.1 Å². The number of methoxy groups -OCH3 is 1. The minimum Gasteiger partial charge on any atom is -0.497 e. The lowest BCUT2D eigenvalue weighted by molar-refractivity contribution is 0.0120. The molecule has 0 saturated carbocycles. The van der Waals surface area contributed by atoms with Crippen molar-refractivity contribution in [1.29, 1.82) is 0 Å². The minimum atomic E-state index is 0.0431. The third-order valence-electron chi connectivity index (χ3n) is 5.02. The van der Waals surface area contributed by atoms with Gasteiger partial charge in [0.15, 0.2) is 0 Å². The largest absolute Gasteiger partial charge is 0.497 e. The van der Waals surface area contributed by atoms with Crippen molar-refractivity contribution >= 4 is 17.0 Å². The van der Waals surface area contributed by atoms with E-state index in [4.69, 9.17) is 9.47 Å². The van der Waals surface area contributed by atoms with Gasteiger partial charge in [0.1, 0.15) is 5.75 Å². The van der Waals surface area contributed by atoms with Crippen molar-refractivity contribution < 1.29 is 9.47 Å². The number of nitrogens with zero attached hydrogens (tertiary/aromatic N) is 1. The molecule has 2 saturated heterocycles. The third-order valence-corrected chi connectivity index (χ3v) is 5.89. The highest BCUT2D eigenvalue weighted by Gasteiger charge is 2.45. The van der Waals surface area contributed by atoms with E-state index in [1.165, 1.54) is 4.88 Å². The van der Waals surface area contributed by atoms with Crippen molar-refractivity contribution in [2.24, 2.45) is 0 Å². The molecule has 24 heavy (non-hydrogen) atoms. The highest BCUT2D eigenvalue weighted by atomic mass is 32.1. The van der Waals surface area contributed by atoms with Gasteiger partial charge in [0.05, 0.1) is 25.4 Å². The average Bonchev–Trinajstić information content (AvgIpc) is 3.33. The lowest BCUT2D eigenvalue weighted by Crippen LogP contribution is -2.33. The van der Waals surface area contributed by atoms with Crippen LogP contribution in [0, 0.1) is 0 Å². The molecule has 128 valence electrons. The highest BCUT2D eigenvalue weighted by Crippen LogP contribution is 2.37. The molecule has 2 fully saturated rings. The Kier molecular flexibility index (Phi) is 4.48. The van der Waals surface area contributed by atoms with Gasteiger partial charge in [0, 0.05) is 36.6 Å². The molecule has 2 aromatic rings. The van der Waals surface area contributed by atoms with Gasteiger partial charge in [-0.25, -0.2) is 0 Å². The Morgan fingerprint density at radius 1 is 1.33 bits per heavy atom. The Labute approximate surface area is 147 Å². The summed E-state index contributed by atoms with van der Waals surface area (Å²) in [6.07, 6.45) is 2.22. The number of hydrogen-bond donors (Lipinski definition) is 1. The van der Waals surface area contributed by atoms with Crippen LogP contribution in [0.1, 0.15) is 17.7 Å². The number of hydrogen-bond acceptors (Lipinski definition) is 5. The fourth-order valence-corrected chi connectivity index (χ4v) is 4.58. The summed E-state index contributed by atoms with van der Waals surface area (Å²) >= 11 is 1.84. The van der Waals surface area contributed by atoms with Gasteiger partial charge in [-0.3, -0.25) is 4.90 Å². The summed E-state index contributed by atoms with van der Waals surface area (Å²) in [5.41, 5.74) is 1.18. The summed E-state index contributed by atoms with van der Waals surface area (Å²) in [5, 5.41) is 5.76. The van der Waals surface area contributed by atoms with Crippen LogP contribution < -0.4 is 10.1 Å². The van der Waals surface area contributed by atoms with Crippen LogP contribution in [0.4, 0.5) is 5.69 Å². The number of benzene rings is 1. The van der Waals surface area contributed by atoms with Gasteiger partial charge in [-0.2, -0.15) is 0 Å². The van der Waals surface area contributed by atoms with Gasteiger partial charge in [-0.15, -0.1) is 11.3 Å². The highest BCUT2D eigenvalue weighted by molar-refractivity contribution is 7.09. The zero-order valence-electron chi connectivity index (χ0n) is 14.0. The predicted octanol–water partition coefficient (Wildman–Crippen LogP) is 3.60. The topological polar surface area (TPSA) is 33.7 Å². The van der Waals surface area contributed by atoms with Crippen molar-refractivity contribution in [3.05, 3.63) is 46.7 Å².